The zero-order valence-electron chi connectivity index (χ0n) is 14.9. The van der Waals surface area contributed by atoms with Crippen LogP contribution in [0.25, 0.3) is 10.9 Å². The first kappa shape index (κ1) is 16.7. The van der Waals surface area contributed by atoms with Crippen LogP contribution >= 0.6 is 0 Å². The molecule has 0 N–H and O–H groups in total. The molecule has 0 aliphatic carbocycles. The molecule has 0 bridgehead atoms. The van der Waals surface area contributed by atoms with Crippen LogP contribution in [-0.2, 0) is 4.74 Å². The molecule has 1 unspecified atom stereocenters. The average Bonchev–Trinajstić information content (AvgIpc) is 2.51. The van der Waals surface area contributed by atoms with E-state index in [4.69, 9.17) is 9.47 Å². The number of aromatic nitrogens is 1. The Labute approximate surface area is 142 Å². The largest absolute Gasteiger partial charge is 0.497 e. The normalized spacial score (nSPS) is 20.2. The van der Waals surface area contributed by atoms with Gasteiger partial charge in [0.25, 0.3) is 5.91 Å². The van der Waals surface area contributed by atoms with Gasteiger partial charge in [0.15, 0.2) is 0 Å². The number of pyridine rings is 1. The van der Waals surface area contributed by atoms with Crippen LogP contribution in [0.2, 0.25) is 0 Å². The molecule has 2 aromatic rings. The van der Waals surface area contributed by atoms with Crippen molar-refractivity contribution in [1.82, 2.24) is 9.88 Å². The molecule has 1 saturated heterocycles. The van der Waals surface area contributed by atoms with E-state index in [-0.39, 0.29) is 17.6 Å². The summed E-state index contributed by atoms with van der Waals surface area (Å²) in [4.78, 5) is 19.5. The third kappa shape index (κ3) is 3.22. The van der Waals surface area contributed by atoms with E-state index in [0.29, 0.717) is 18.7 Å². The first-order valence-corrected chi connectivity index (χ1v) is 8.21. The van der Waals surface area contributed by atoms with Gasteiger partial charge in [0.1, 0.15) is 5.75 Å². The first-order valence-electron chi connectivity index (χ1n) is 8.21. The molecule has 5 heteroatoms. The van der Waals surface area contributed by atoms with Crippen molar-refractivity contribution in [3.05, 3.63) is 35.5 Å². The molecule has 1 fully saturated rings. The van der Waals surface area contributed by atoms with E-state index in [0.717, 1.165) is 22.3 Å². The van der Waals surface area contributed by atoms with Gasteiger partial charge in [-0.25, -0.2) is 0 Å². The van der Waals surface area contributed by atoms with E-state index in [9.17, 15) is 4.79 Å². The summed E-state index contributed by atoms with van der Waals surface area (Å²) in [5.41, 5.74) is 1.88. The van der Waals surface area contributed by atoms with E-state index in [1.165, 1.54) is 0 Å². The maximum Gasteiger partial charge on any atom is 0.255 e. The highest BCUT2D eigenvalue weighted by Crippen LogP contribution is 2.25. The highest BCUT2D eigenvalue weighted by molar-refractivity contribution is 5.99. The van der Waals surface area contributed by atoms with Gasteiger partial charge >= 0.3 is 0 Å². The van der Waals surface area contributed by atoms with E-state index in [1.54, 1.807) is 7.11 Å². The first-order chi connectivity index (χ1) is 11.3. The van der Waals surface area contributed by atoms with Crippen molar-refractivity contribution in [2.45, 2.75) is 39.4 Å². The van der Waals surface area contributed by atoms with E-state index in [2.05, 4.69) is 4.98 Å². The Balaban J connectivity index is 1.96. The van der Waals surface area contributed by atoms with E-state index < -0.39 is 0 Å². The minimum Gasteiger partial charge on any atom is -0.497 e. The molecule has 24 heavy (non-hydrogen) atoms. The molecule has 0 radical (unpaired) electrons. The van der Waals surface area contributed by atoms with Crippen LogP contribution in [0.1, 0.15) is 36.8 Å². The Morgan fingerprint density at radius 3 is 2.79 bits per heavy atom. The predicted octanol–water partition coefficient (Wildman–Crippen LogP) is 3.19. The molecular formula is C19H24N2O3. The number of methoxy groups -OCH3 is 1. The highest BCUT2D eigenvalue weighted by atomic mass is 16.5. The fourth-order valence-electron chi connectivity index (χ4n) is 3.37. The van der Waals surface area contributed by atoms with Crippen LogP contribution in [0.15, 0.2) is 24.3 Å². The number of hydrogen-bond acceptors (Lipinski definition) is 4. The second-order valence-corrected chi connectivity index (χ2v) is 7.05. The average molecular weight is 328 g/mol. The van der Waals surface area contributed by atoms with Gasteiger partial charge < -0.3 is 14.4 Å². The molecule has 1 aromatic heterocycles. The topological polar surface area (TPSA) is 51.7 Å². The number of rotatable bonds is 2. The molecule has 5 nitrogen and oxygen atoms in total. The van der Waals surface area contributed by atoms with Gasteiger partial charge in [-0.1, -0.05) is 0 Å². The Kier molecular flexibility index (Phi) is 4.22. The van der Waals surface area contributed by atoms with Gasteiger partial charge in [-0.3, -0.25) is 9.78 Å². The molecule has 2 heterocycles. The molecule has 1 amide bonds. The number of amides is 1. The fraction of sp³-hybridized carbons (Fsp3) is 0.474. The van der Waals surface area contributed by atoms with Gasteiger partial charge in [-0.05, 0) is 45.9 Å². The van der Waals surface area contributed by atoms with Gasteiger partial charge in [-0.15, -0.1) is 0 Å². The molecule has 1 aliphatic rings. The van der Waals surface area contributed by atoms with E-state index >= 15 is 0 Å². The quantitative estimate of drug-likeness (QED) is 0.849. The summed E-state index contributed by atoms with van der Waals surface area (Å²) in [5.74, 6) is 0.776. The predicted molar refractivity (Wildman–Crippen MR) is 93.6 cm³/mol. The number of hydrogen-bond donors (Lipinski definition) is 0. The molecule has 0 saturated carbocycles. The lowest BCUT2D eigenvalue weighted by Gasteiger charge is -2.41. The van der Waals surface area contributed by atoms with Gasteiger partial charge in [-0.2, -0.15) is 0 Å². The number of aryl methyl sites for hydroxylation is 1. The number of fused-ring (bicyclic) bond motifs is 1. The van der Waals surface area contributed by atoms with Gasteiger partial charge in [0, 0.05) is 24.5 Å². The van der Waals surface area contributed by atoms with Crippen molar-refractivity contribution in [2.24, 2.45) is 0 Å². The van der Waals surface area contributed by atoms with Crippen LogP contribution in [0.5, 0.6) is 5.75 Å². The molecule has 1 aromatic carbocycles. The number of carbonyl (C=O) groups is 1. The summed E-state index contributed by atoms with van der Waals surface area (Å²) < 4.78 is 11.1. The Morgan fingerprint density at radius 1 is 1.38 bits per heavy atom. The third-order valence-corrected chi connectivity index (χ3v) is 4.30. The highest BCUT2D eigenvalue weighted by Gasteiger charge is 2.34. The second-order valence-electron chi connectivity index (χ2n) is 7.05. The maximum atomic E-state index is 13.0. The van der Waals surface area contributed by atoms with Crippen molar-refractivity contribution in [1.29, 1.82) is 0 Å². The van der Waals surface area contributed by atoms with Crippen molar-refractivity contribution >= 4 is 16.8 Å². The Morgan fingerprint density at radius 2 is 2.12 bits per heavy atom. The summed E-state index contributed by atoms with van der Waals surface area (Å²) >= 11 is 0. The number of nitrogens with zero attached hydrogens (tertiary/aromatic N) is 2. The van der Waals surface area contributed by atoms with Gasteiger partial charge in [0.2, 0.25) is 0 Å². The Hall–Kier alpha value is -2.14. The standard InChI is InChI=1S/C19H24N2O3/c1-12-10-21(11-19(3,4)24-12)18(22)16-8-14-6-7-15(23-5)9-17(14)20-13(16)2/h6-9,12H,10-11H2,1-5H3. The summed E-state index contributed by atoms with van der Waals surface area (Å²) in [5, 5.41) is 0.935. The zero-order chi connectivity index (χ0) is 17.5. The van der Waals surface area contributed by atoms with E-state index in [1.807, 2.05) is 56.9 Å². The third-order valence-electron chi connectivity index (χ3n) is 4.30. The summed E-state index contributed by atoms with van der Waals surface area (Å²) in [6.07, 6.45) is 0.0238. The molecule has 1 atom stereocenters. The second kappa shape index (κ2) is 6.06. The Bertz CT molecular complexity index is 786. The van der Waals surface area contributed by atoms with Crippen molar-refractivity contribution in [3.63, 3.8) is 0 Å². The summed E-state index contributed by atoms with van der Waals surface area (Å²) in [7, 11) is 1.63. The number of ether oxygens (including phenoxy) is 2. The minimum absolute atomic E-state index is 0.0148. The smallest absolute Gasteiger partial charge is 0.255 e. The van der Waals surface area contributed by atoms with Crippen molar-refractivity contribution < 1.29 is 14.3 Å². The summed E-state index contributed by atoms with van der Waals surface area (Å²) in [6, 6.07) is 7.62. The van der Waals surface area contributed by atoms with Crippen LogP contribution in [-0.4, -0.2) is 47.7 Å². The monoisotopic (exact) mass is 328 g/mol. The fourth-order valence-corrected chi connectivity index (χ4v) is 3.37. The number of benzene rings is 1. The molecule has 1 aliphatic heterocycles. The van der Waals surface area contributed by atoms with Crippen LogP contribution < -0.4 is 4.74 Å². The van der Waals surface area contributed by atoms with Crippen LogP contribution in [0, 0.1) is 6.92 Å². The number of carbonyl (C=O) groups excluding carboxylic acids is 1. The number of morpholine rings is 1. The lowest BCUT2D eigenvalue weighted by atomic mass is 10.0. The minimum atomic E-state index is -0.334. The molecular weight excluding hydrogens is 304 g/mol. The lowest BCUT2D eigenvalue weighted by Crippen LogP contribution is -2.53. The molecule has 128 valence electrons. The zero-order valence-corrected chi connectivity index (χ0v) is 14.9. The van der Waals surface area contributed by atoms with Crippen molar-refractivity contribution in [2.75, 3.05) is 20.2 Å². The maximum absolute atomic E-state index is 13.0. The van der Waals surface area contributed by atoms with Crippen LogP contribution in [0.4, 0.5) is 0 Å². The lowest BCUT2D eigenvalue weighted by molar-refractivity contribution is -0.118. The molecule has 3 rings (SSSR count). The SMILES string of the molecule is COc1ccc2cc(C(=O)N3CC(C)OC(C)(C)C3)c(C)nc2c1. The van der Waals surface area contributed by atoms with Gasteiger partial charge in [0.05, 0.1) is 35.6 Å². The summed E-state index contributed by atoms with van der Waals surface area (Å²) in [6.45, 7) is 9.08. The molecule has 0 spiro atoms. The van der Waals surface area contributed by atoms with Crippen molar-refractivity contribution in [3.8, 4) is 5.75 Å². The van der Waals surface area contributed by atoms with Crippen LogP contribution in [0.3, 0.4) is 0 Å².